The molecule has 0 spiro atoms. The molecule has 0 aromatic heterocycles. The summed E-state index contributed by atoms with van der Waals surface area (Å²) in [7, 11) is 2.00. The van der Waals surface area contributed by atoms with Crippen molar-refractivity contribution in [2.24, 2.45) is 5.92 Å². The van der Waals surface area contributed by atoms with Crippen LogP contribution in [-0.2, 0) is 0 Å². The van der Waals surface area contributed by atoms with Crippen LogP contribution in [0.15, 0.2) is 18.2 Å². The molecular formula is C15H25N3O. The molecule has 3 N–H and O–H groups in total. The molecule has 0 atom stereocenters. The molecule has 1 aromatic rings. The molecule has 1 aromatic carbocycles. The smallest absolute Gasteiger partial charge is 0.253 e. The van der Waals surface area contributed by atoms with Crippen LogP contribution in [0.25, 0.3) is 0 Å². The summed E-state index contributed by atoms with van der Waals surface area (Å²) >= 11 is 0. The summed E-state index contributed by atoms with van der Waals surface area (Å²) in [5.74, 6) is 0.588. The Morgan fingerprint density at radius 2 is 2.11 bits per heavy atom. The largest absolute Gasteiger partial charge is 0.399 e. The van der Waals surface area contributed by atoms with E-state index < -0.39 is 0 Å². The minimum Gasteiger partial charge on any atom is -0.399 e. The molecule has 0 radical (unpaired) electrons. The SMILES string of the molecule is CCNC(=O)c1ccc(N)cc1N(C)CCC(C)C. The Kier molecular flexibility index (Phi) is 5.67. The lowest BCUT2D eigenvalue weighted by atomic mass is 10.1. The van der Waals surface area contributed by atoms with Crippen LogP contribution < -0.4 is 16.0 Å². The number of anilines is 2. The van der Waals surface area contributed by atoms with Gasteiger partial charge in [-0.3, -0.25) is 4.79 Å². The van der Waals surface area contributed by atoms with Crippen LogP contribution >= 0.6 is 0 Å². The molecule has 19 heavy (non-hydrogen) atoms. The molecule has 0 heterocycles. The number of nitrogens with zero attached hydrogens (tertiary/aromatic N) is 1. The van der Waals surface area contributed by atoms with Gasteiger partial charge in [0, 0.05) is 25.8 Å². The number of hydrogen-bond acceptors (Lipinski definition) is 3. The number of rotatable bonds is 6. The maximum absolute atomic E-state index is 12.0. The molecule has 4 nitrogen and oxygen atoms in total. The van der Waals surface area contributed by atoms with Crippen LogP contribution in [0, 0.1) is 5.92 Å². The van der Waals surface area contributed by atoms with Crippen molar-refractivity contribution in [2.75, 3.05) is 30.8 Å². The summed E-state index contributed by atoms with van der Waals surface area (Å²) in [4.78, 5) is 14.1. The monoisotopic (exact) mass is 263 g/mol. The highest BCUT2D eigenvalue weighted by atomic mass is 16.1. The number of nitrogens with two attached hydrogens (primary N) is 1. The average molecular weight is 263 g/mol. The Morgan fingerprint density at radius 1 is 1.42 bits per heavy atom. The highest BCUT2D eigenvalue weighted by Gasteiger charge is 2.14. The predicted octanol–water partition coefficient (Wildman–Crippen LogP) is 2.50. The van der Waals surface area contributed by atoms with Gasteiger partial charge in [-0.2, -0.15) is 0 Å². The summed E-state index contributed by atoms with van der Waals surface area (Å²) in [6.07, 6.45) is 1.08. The third-order valence-corrected chi connectivity index (χ3v) is 3.06. The summed E-state index contributed by atoms with van der Waals surface area (Å²) in [6, 6.07) is 5.43. The number of carbonyl (C=O) groups is 1. The summed E-state index contributed by atoms with van der Waals surface area (Å²) in [5.41, 5.74) is 8.09. The Labute approximate surface area is 116 Å². The molecule has 1 rings (SSSR count). The van der Waals surface area contributed by atoms with E-state index in [2.05, 4.69) is 24.1 Å². The van der Waals surface area contributed by atoms with E-state index in [9.17, 15) is 4.79 Å². The van der Waals surface area contributed by atoms with Gasteiger partial charge in [-0.1, -0.05) is 13.8 Å². The van der Waals surface area contributed by atoms with Gasteiger partial charge >= 0.3 is 0 Å². The number of benzene rings is 1. The van der Waals surface area contributed by atoms with Crippen LogP contribution in [-0.4, -0.2) is 26.0 Å². The first-order valence-electron chi connectivity index (χ1n) is 6.84. The van der Waals surface area contributed by atoms with Crippen molar-refractivity contribution in [3.8, 4) is 0 Å². The Balaban J connectivity index is 2.96. The van der Waals surface area contributed by atoms with Gasteiger partial charge in [0.15, 0.2) is 0 Å². The first-order chi connectivity index (χ1) is 8.95. The zero-order valence-electron chi connectivity index (χ0n) is 12.4. The highest BCUT2D eigenvalue weighted by Crippen LogP contribution is 2.23. The summed E-state index contributed by atoms with van der Waals surface area (Å²) in [5, 5.41) is 2.84. The fraction of sp³-hybridized carbons (Fsp3) is 0.533. The zero-order chi connectivity index (χ0) is 14.4. The number of nitrogen functional groups attached to an aromatic ring is 1. The molecule has 0 saturated carbocycles. The molecule has 0 fully saturated rings. The van der Waals surface area contributed by atoms with Crippen LogP contribution in [0.4, 0.5) is 11.4 Å². The van der Waals surface area contributed by atoms with E-state index in [1.807, 2.05) is 20.0 Å². The molecule has 0 bridgehead atoms. The van der Waals surface area contributed by atoms with Gasteiger partial charge in [-0.15, -0.1) is 0 Å². The van der Waals surface area contributed by atoms with Crippen molar-refractivity contribution in [3.05, 3.63) is 23.8 Å². The predicted molar refractivity (Wildman–Crippen MR) is 81.6 cm³/mol. The number of nitrogens with one attached hydrogen (secondary N) is 1. The minimum absolute atomic E-state index is 0.0473. The van der Waals surface area contributed by atoms with Crippen LogP contribution in [0.5, 0.6) is 0 Å². The maximum atomic E-state index is 12.0. The number of hydrogen-bond donors (Lipinski definition) is 2. The lowest BCUT2D eigenvalue weighted by Crippen LogP contribution is -2.27. The Bertz CT molecular complexity index is 429. The van der Waals surface area contributed by atoms with Crippen molar-refractivity contribution < 1.29 is 4.79 Å². The van der Waals surface area contributed by atoms with E-state index in [-0.39, 0.29) is 5.91 Å². The van der Waals surface area contributed by atoms with Crippen molar-refractivity contribution >= 4 is 17.3 Å². The summed E-state index contributed by atoms with van der Waals surface area (Å²) < 4.78 is 0. The van der Waals surface area contributed by atoms with Crippen molar-refractivity contribution in [1.29, 1.82) is 0 Å². The third kappa shape index (κ3) is 4.47. The fourth-order valence-electron chi connectivity index (χ4n) is 1.88. The Morgan fingerprint density at radius 3 is 2.68 bits per heavy atom. The second-order valence-corrected chi connectivity index (χ2v) is 5.24. The van der Waals surface area contributed by atoms with Crippen LogP contribution in [0.1, 0.15) is 37.6 Å². The van der Waals surface area contributed by atoms with Gasteiger partial charge in [-0.25, -0.2) is 0 Å². The van der Waals surface area contributed by atoms with E-state index in [1.165, 1.54) is 0 Å². The average Bonchev–Trinajstić information content (AvgIpc) is 2.36. The zero-order valence-corrected chi connectivity index (χ0v) is 12.4. The van der Waals surface area contributed by atoms with E-state index in [1.54, 1.807) is 12.1 Å². The lowest BCUT2D eigenvalue weighted by molar-refractivity contribution is 0.0956. The Hall–Kier alpha value is -1.71. The van der Waals surface area contributed by atoms with E-state index in [0.29, 0.717) is 23.7 Å². The number of amides is 1. The van der Waals surface area contributed by atoms with Crippen molar-refractivity contribution in [1.82, 2.24) is 5.32 Å². The minimum atomic E-state index is -0.0473. The van der Waals surface area contributed by atoms with Crippen molar-refractivity contribution in [2.45, 2.75) is 27.2 Å². The molecular weight excluding hydrogens is 238 g/mol. The van der Waals surface area contributed by atoms with E-state index in [4.69, 9.17) is 5.73 Å². The maximum Gasteiger partial charge on any atom is 0.253 e. The van der Waals surface area contributed by atoms with Gasteiger partial charge < -0.3 is 16.0 Å². The quantitative estimate of drug-likeness (QED) is 0.775. The van der Waals surface area contributed by atoms with Crippen LogP contribution in [0.3, 0.4) is 0 Å². The topological polar surface area (TPSA) is 58.4 Å². The number of carbonyl (C=O) groups excluding carboxylic acids is 1. The first kappa shape index (κ1) is 15.3. The van der Waals surface area contributed by atoms with Gasteiger partial charge in [0.2, 0.25) is 0 Å². The standard InChI is InChI=1S/C15H25N3O/c1-5-17-15(19)13-7-6-12(16)10-14(13)18(4)9-8-11(2)3/h6-7,10-11H,5,8-9,16H2,1-4H3,(H,17,19). The molecule has 0 saturated heterocycles. The molecule has 0 unspecified atom stereocenters. The molecule has 1 amide bonds. The second kappa shape index (κ2) is 7.02. The second-order valence-electron chi connectivity index (χ2n) is 5.24. The van der Waals surface area contributed by atoms with Gasteiger partial charge in [0.05, 0.1) is 11.3 Å². The molecule has 4 heteroatoms. The van der Waals surface area contributed by atoms with Crippen molar-refractivity contribution in [3.63, 3.8) is 0 Å². The van der Waals surface area contributed by atoms with Crippen LogP contribution in [0.2, 0.25) is 0 Å². The van der Waals surface area contributed by atoms with Gasteiger partial charge in [0.25, 0.3) is 5.91 Å². The normalized spacial score (nSPS) is 10.6. The summed E-state index contributed by atoms with van der Waals surface area (Å²) in [6.45, 7) is 7.83. The third-order valence-electron chi connectivity index (χ3n) is 3.06. The van der Waals surface area contributed by atoms with Gasteiger partial charge in [0.1, 0.15) is 0 Å². The first-order valence-corrected chi connectivity index (χ1v) is 6.84. The molecule has 0 aliphatic carbocycles. The highest BCUT2D eigenvalue weighted by molar-refractivity contribution is 6.00. The molecule has 106 valence electrons. The fourth-order valence-corrected chi connectivity index (χ4v) is 1.88. The van der Waals surface area contributed by atoms with E-state index >= 15 is 0 Å². The molecule has 0 aliphatic rings. The molecule has 0 aliphatic heterocycles. The lowest BCUT2D eigenvalue weighted by Gasteiger charge is -2.23. The van der Waals surface area contributed by atoms with E-state index in [0.717, 1.165) is 18.7 Å². The van der Waals surface area contributed by atoms with Gasteiger partial charge in [-0.05, 0) is 37.5 Å².